The average molecular weight is 477 g/mol. The smallest absolute Gasteiger partial charge is 0.220 e. The van der Waals surface area contributed by atoms with Crippen molar-refractivity contribution in [2.45, 2.75) is 59.5 Å². The Morgan fingerprint density at radius 1 is 1.11 bits per heavy atom. The molecular formula is C30H40N2O3. The summed E-state index contributed by atoms with van der Waals surface area (Å²) in [7, 11) is 1.73. The highest BCUT2D eigenvalue weighted by molar-refractivity contribution is 5.76. The second kappa shape index (κ2) is 11.3. The van der Waals surface area contributed by atoms with Crippen LogP contribution in [0.5, 0.6) is 11.5 Å². The van der Waals surface area contributed by atoms with Crippen LogP contribution in [0.1, 0.15) is 62.3 Å². The van der Waals surface area contributed by atoms with E-state index >= 15 is 0 Å². The summed E-state index contributed by atoms with van der Waals surface area (Å²) < 4.78 is 11.8. The first-order chi connectivity index (χ1) is 16.8. The van der Waals surface area contributed by atoms with Gasteiger partial charge in [-0.1, -0.05) is 37.6 Å². The van der Waals surface area contributed by atoms with Gasteiger partial charge in [0.1, 0.15) is 18.1 Å². The highest BCUT2D eigenvalue weighted by Crippen LogP contribution is 2.34. The van der Waals surface area contributed by atoms with Gasteiger partial charge in [-0.2, -0.15) is 0 Å². The molecule has 0 spiro atoms. The summed E-state index contributed by atoms with van der Waals surface area (Å²) in [4.78, 5) is 13.9. The molecule has 2 aromatic carbocycles. The van der Waals surface area contributed by atoms with Gasteiger partial charge in [-0.3, -0.25) is 9.69 Å². The Labute approximate surface area is 210 Å². The van der Waals surface area contributed by atoms with Gasteiger partial charge in [0.15, 0.2) is 0 Å². The van der Waals surface area contributed by atoms with E-state index in [1.165, 1.54) is 27.8 Å². The Morgan fingerprint density at radius 2 is 1.89 bits per heavy atom. The lowest BCUT2D eigenvalue weighted by Crippen LogP contribution is -2.39. The van der Waals surface area contributed by atoms with Crippen LogP contribution in [0.2, 0.25) is 0 Å². The number of amides is 1. The molecule has 1 saturated heterocycles. The number of hydrogen-bond acceptors (Lipinski definition) is 4. The van der Waals surface area contributed by atoms with Gasteiger partial charge >= 0.3 is 0 Å². The summed E-state index contributed by atoms with van der Waals surface area (Å²) in [6.07, 6.45) is 4.91. The Bertz CT molecular complexity index is 1080. The molecule has 1 aliphatic carbocycles. The molecule has 1 fully saturated rings. The van der Waals surface area contributed by atoms with Crippen molar-refractivity contribution in [1.29, 1.82) is 0 Å². The third-order valence-electron chi connectivity index (χ3n) is 7.50. The molecule has 35 heavy (non-hydrogen) atoms. The van der Waals surface area contributed by atoms with Gasteiger partial charge < -0.3 is 15.2 Å². The van der Waals surface area contributed by atoms with E-state index < -0.39 is 0 Å². The average Bonchev–Trinajstić information content (AvgIpc) is 2.84. The van der Waals surface area contributed by atoms with E-state index in [2.05, 4.69) is 62.1 Å². The number of fused-ring (bicyclic) bond motifs is 1. The number of rotatable bonds is 9. The van der Waals surface area contributed by atoms with E-state index in [4.69, 9.17) is 15.2 Å². The Balaban J connectivity index is 1.39. The minimum absolute atomic E-state index is 0.0461. The maximum atomic E-state index is 11.5. The monoisotopic (exact) mass is 476 g/mol. The lowest BCUT2D eigenvalue weighted by atomic mass is 9.85. The number of aryl methyl sites for hydroxylation is 1. The third kappa shape index (κ3) is 6.26. The number of benzene rings is 2. The molecule has 0 radical (unpaired) electrons. The molecule has 1 heterocycles. The highest BCUT2D eigenvalue weighted by atomic mass is 16.5. The van der Waals surface area contributed by atoms with Gasteiger partial charge in [0.25, 0.3) is 0 Å². The molecule has 2 N–H and O–H groups in total. The molecule has 0 saturated carbocycles. The number of ether oxygens (including phenoxy) is 2. The van der Waals surface area contributed by atoms with Crippen LogP contribution in [0.3, 0.4) is 0 Å². The van der Waals surface area contributed by atoms with E-state index in [0.29, 0.717) is 12.5 Å². The van der Waals surface area contributed by atoms with Crippen molar-refractivity contribution in [2.24, 2.45) is 17.6 Å². The number of nitrogens with two attached hydrogens (primary N) is 1. The Morgan fingerprint density at radius 3 is 2.57 bits per heavy atom. The van der Waals surface area contributed by atoms with Gasteiger partial charge in [0.05, 0.1) is 7.11 Å². The molecule has 1 amide bonds. The number of methoxy groups -OCH3 is 1. The van der Waals surface area contributed by atoms with E-state index in [1.54, 1.807) is 7.11 Å². The summed E-state index contributed by atoms with van der Waals surface area (Å²) in [6, 6.07) is 12.9. The van der Waals surface area contributed by atoms with Crippen molar-refractivity contribution in [2.75, 3.05) is 26.7 Å². The molecule has 188 valence electrons. The number of carbonyl (C=O) groups excluding carboxylic acids is 1. The zero-order valence-electron chi connectivity index (χ0n) is 21.7. The van der Waals surface area contributed by atoms with Crippen LogP contribution >= 0.6 is 0 Å². The van der Waals surface area contributed by atoms with Crippen LogP contribution < -0.4 is 15.2 Å². The topological polar surface area (TPSA) is 64.8 Å². The minimum atomic E-state index is -0.147. The summed E-state index contributed by atoms with van der Waals surface area (Å²) in [5.74, 6) is 2.31. The molecule has 0 aromatic heterocycles. The van der Waals surface area contributed by atoms with Gasteiger partial charge in [0.2, 0.25) is 5.91 Å². The zero-order chi connectivity index (χ0) is 24.9. The van der Waals surface area contributed by atoms with Crippen molar-refractivity contribution in [3.05, 3.63) is 64.2 Å². The van der Waals surface area contributed by atoms with Crippen LogP contribution in [0.25, 0.3) is 5.57 Å². The van der Waals surface area contributed by atoms with Gasteiger partial charge in [-0.15, -0.1) is 0 Å². The van der Waals surface area contributed by atoms with Crippen LogP contribution in [-0.2, 0) is 24.2 Å². The molecule has 2 aliphatic rings. The van der Waals surface area contributed by atoms with Gasteiger partial charge in [-0.05, 0) is 98.5 Å². The number of primary amides is 1. The Hall–Kier alpha value is -2.79. The number of nitrogens with zero attached hydrogens (tertiary/aromatic N) is 1. The minimum Gasteiger partial charge on any atom is -0.496 e. The molecule has 0 bridgehead atoms. The first kappa shape index (κ1) is 25.3. The fourth-order valence-electron chi connectivity index (χ4n) is 5.41. The second-order valence-corrected chi connectivity index (χ2v) is 10.5. The number of likely N-dealkylation sites (tertiary alicyclic amines) is 1. The first-order valence-corrected chi connectivity index (χ1v) is 13.0. The molecule has 2 aromatic rings. The predicted octanol–water partition coefficient (Wildman–Crippen LogP) is 5.39. The normalized spacial score (nSPS) is 16.9. The fraction of sp³-hybridized carbons (Fsp3) is 0.500. The largest absolute Gasteiger partial charge is 0.496 e. The van der Waals surface area contributed by atoms with E-state index in [0.717, 1.165) is 68.8 Å². The van der Waals surface area contributed by atoms with Crippen molar-refractivity contribution >= 4 is 11.5 Å². The Kier molecular flexibility index (Phi) is 8.17. The SMILES string of the molecule is COc1cc(CC(C)C)ccc1COc1ccc2c(c1)CCC(CN1CCC(C(N)=O)CC1)=C2C. The number of piperidine rings is 1. The summed E-state index contributed by atoms with van der Waals surface area (Å²) in [5.41, 5.74) is 13.4. The molecule has 5 nitrogen and oxygen atoms in total. The number of allylic oxidation sites excluding steroid dienone is 1. The lowest BCUT2D eigenvalue weighted by Gasteiger charge is -2.33. The van der Waals surface area contributed by atoms with E-state index in [-0.39, 0.29) is 11.8 Å². The first-order valence-electron chi connectivity index (χ1n) is 13.0. The summed E-state index contributed by atoms with van der Waals surface area (Å²) in [6.45, 7) is 10.1. The molecular weight excluding hydrogens is 436 g/mol. The van der Waals surface area contributed by atoms with Crippen molar-refractivity contribution in [1.82, 2.24) is 4.90 Å². The second-order valence-electron chi connectivity index (χ2n) is 10.5. The number of carbonyl (C=O) groups is 1. The molecule has 5 heteroatoms. The predicted molar refractivity (Wildman–Crippen MR) is 142 cm³/mol. The van der Waals surface area contributed by atoms with Crippen molar-refractivity contribution in [3.8, 4) is 11.5 Å². The van der Waals surface area contributed by atoms with Crippen LogP contribution in [0.4, 0.5) is 0 Å². The van der Waals surface area contributed by atoms with Crippen molar-refractivity contribution < 1.29 is 14.3 Å². The van der Waals surface area contributed by atoms with Gasteiger partial charge in [0, 0.05) is 18.0 Å². The molecule has 4 rings (SSSR count). The van der Waals surface area contributed by atoms with E-state index in [9.17, 15) is 4.79 Å². The molecule has 0 unspecified atom stereocenters. The fourth-order valence-corrected chi connectivity index (χ4v) is 5.41. The van der Waals surface area contributed by atoms with Crippen LogP contribution in [-0.4, -0.2) is 37.6 Å². The van der Waals surface area contributed by atoms with E-state index in [1.807, 2.05) is 0 Å². The highest BCUT2D eigenvalue weighted by Gasteiger charge is 2.25. The maximum absolute atomic E-state index is 11.5. The van der Waals surface area contributed by atoms with Crippen LogP contribution in [0.15, 0.2) is 42.0 Å². The standard InChI is InChI=1S/C30H40N2O3/c1-20(2)15-22-5-6-26(29(16-22)34-4)19-35-27-9-10-28-21(3)25(8-7-24(28)17-27)18-32-13-11-23(12-14-32)30(31)33/h5-6,9-10,16-17,20,23H,7-8,11-15,18-19H2,1-4H3,(H2,31,33). The van der Waals surface area contributed by atoms with Crippen molar-refractivity contribution in [3.63, 3.8) is 0 Å². The third-order valence-corrected chi connectivity index (χ3v) is 7.50. The molecule has 1 aliphatic heterocycles. The zero-order valence-corrected chi connectivity index (χ0v) is 21.7. The van der Waals surface area contributed by atoms with Crippen LogP contribution in [0, 0.1) is 11.8 Å². The summed E-state index contributed by atoms with van der Waals surface area (Å²) in [5, 5.41) is 0. The quantitative estimate of drug-likeness (QED) is 0.527. The maximum Gasteiger partial charge on any atom is 0.220 e. The lowest BCUT2D eigenvalue weighted by molar-refractivity contribution is -0.123. The van der Waals surface area contributed by atoms with Gasteiger partial charge in [-0.25, -0.2) is 0 Å². The summed E-state index contributed by atoms with van der Waals surface area (Å²) >= 11 is 0. The molecule has 0 atom stereocenters. The number of hydrogen-bond donors (Lipinski definition) is 1.